The van der Waals surface area contributed by atoms with Crippen molar-refractivity contribution in [3.63, 3.8) is 0 Å². The lowest BCUT2D eigenvalue weighted by atomic mass is 10.0. The van der Waals surface area contributed by atoms with Crippen LogP contribution in [0.5, 0.6) is 0 Å². The topological polar surface area (TPSA) is 68.3 Å². The summed E-state index contributed by atoms with van der Waals surface area (Å²) in [6.45, 7) is 1.16. The molecule has 1 aromatic carbocycles. The summed E-state index contributed by atoms with van der Waals surface area (Å²) in [6.07, 6.45) is 4.78. The summed E-state index contributed by atoms with van der Waals surface area (Å²) in [7, 11) is 0. The number of benzene rings is 1. The molecule has 3 heterocycles. The van der Waals surface area contributed by atoms with Crippen LogP contribution in [-0.4, -0.2) is 33.4 Å². The van der Waals surface area contributed by atoms with Gasteiger partial charge in [0.25, 0.3) is 11.5 Å². The summed E-state index contributed by atoms with van der Waals surface area (Å²) < 4.78 is 6.86. The molecule has 2 aromatic heterocycles. The molecular weight excluding hydrogens is 306 g/mol. The molecule has 1 saturated heterocycles. The summed E-state index contributed by atoms with van der Waals surface area (Å²) in [4.78, 5) is 31.3. The average Bonchev–Trinajstić information content (AvgIpc) is 3.16. The molecule has 0 bridgehead atoms. The third-order valence-electron chi connectivity index (χ3n) is 4.50. The van der Waals surface area contributed by atoms with Crippen LogP contribution in [0.4, 0.5) is 0 Å². The van der Waals surface area contributed by atoms with Crippen LogP contribution in [0.1, 0.15) is 29.4 Å². The summed E-state index contributed by atoms with van der Waals surface area (Å²) in [5.41, 5.74) is 0.635. The maximum absolute atomic E-state index is 12.7. The van der Waals surface area contributed by atoms with E-state index >= 15 is 0 Å². The Bertz CT molecular complexity index is 930. The second-order valence-electron chi connectivity index (χ2n) is 6.00. The zero-order valence-corrected chi connectivity index (χ0v) is 13.1. The molecule has 0 N–H and O–H groups in total. The number of hydrogen-bond donors (Lipinski definition) is 0. The fraction of sp³-hybridized carbons (Fsp3) is 0.278. The van der Waals surface area contributed by atoms with Gasteiger partial charge in [-0.15, -0.1) is 0 Å². The van der Waals surface area contributed by atoms with Crippen molar-refractivity contribution in [2.45, 2.75) is 18.9 Å². The van der Waals surface area contributed by atoms with E-state index in [9.17, 15) is 9.59 Å². The zero-order chi connectivity index (χ0) is 16.5. The molecule has 0 spiro atoms. The van der Waals surface area contributed by atoms with Crippen LogP contribution in [0, 0.1) is 0 Å². The normalized spacial score (nSPS) is 18.0. The van der Waals surface area contributed by atoms with E-state index in [-0.39, 0.29) is 17.5 Å². The highest BCUT2D eigenvalue weighted by atomic mass is 16.3. The van der Waals surface area contributed by atoms with E-state index < -0.39 is 0 Å². The third kappa shape index (κ3) is 2.50. The number of aromatic nitrogens is 2. The highest BCUT2D eigenvalue weighted by Gasteiger charge is 2.27. The molecule has 6 nitrogen and oxygen atoms in total. The Morgan fingerprint density at radius 3 is 2.92 bits per heavy atom. The molecule has 1 unspecified atom stereocenters. The van der Waals surface area contributed by atoms with Gasteiger partial charge >= 0.3 is 0 Å². The Balaban J connectivity index is 1.64. The van der Waals surface area contributed by atoms with E-state index in [2.05, 4.69) is 4.98 Å². The summed E-state index contributed by atoms with van der Waals surface area (Å²) >= 11 is 0. The van der Waals surface area contributed by atoms with Crippen LogP contribution < -0.4 is 5.56 Å². The molecule has 4 rings (SSSR count). The number of likely N-dealkylation sites (tertiary alicyclic amines) is 1. The van der Waals surface area contributed by atoms with Gasteiger partial charge in [-0.3, -0.25) is 14.2 Å². The fourth-order valence-corrected chi connectivity index (χ4v) is 3.27. The number of carbonyl (C=O) groups excluding carboxylic acids is 1. The minimum atomic E-state index is -0.133. The number of fused-ring (bicyclic) bond motifs is 1. The smallest absolute Gasteiger partial charge is 0.289 e. The van der Waals surface area contributed by atoms with E-state index in [1.54, 1.807) is 34.0 Å². The van der Waals surface area contributed by atoms with Gasteiger partial charge in [0.1, 0.15) is 0 Å². The van der Waals surface area contributed by atoms with Gasteiger partial charge in [0.05, 0.1) is 29.5 Å². The van der Waals surface area contributed by atoms with Crippen molar-refractivity contribution >= 4 is 16.8 Å². The Labute approximate surface area is 138 Å². The number of carbonyl (C=O) groups is 1. The Hall–Kier alpha value is -2.89. The lowest BCUT2D eigenvalue weighted by Crippen LogP contribution is -2.42. The van der Waals surface area contributed by atoms with Crippen LogP contribution in [0.3, 0.4) is 0 Å². The van der Waals surface area contributed by atoms with Crippen molar-refractivity contribution in [1.29, 1.82) is 0 Å². The van der Waals surface area contributed by atoms with Gasteiger partial charge < -0.3 is 9.32 Å². The van der Waals surface area contributed by atoms with Gasteiger partial charge in [0.2, 0.25) is 0 Å². The monoisotopic (exact) mass is 323 g/mol. The molecule has 1 fully saturated rings. The van der Waals surface area contributed by atoms with Crippen molar-refractivity contribution < 1.29 is 9.21 Å². The van der Waals surface area contributed by atoms with Crippen LogP contribution in [0.25, 0.3) is 10.9 Å². The number of hydrogen-bond acceptors (Lipinski definition) is 4. The molecule has 1 amide bonds. The van der Waals surface area contributed by atoms with Gasteiger partial charge in [0, 0.05) is 13.1 Å². The van der Waals surface area contributed by atoms with Gasteiger partial charge in [0.15, 0.2) is 5.76 Å². The summed E-state index contributed by atoms with van der Waals surface area (Å²) in [5.74, 6) is 0.200. The van der Waals surface area contributed by atoms with E-state index in [1.807, 2.05) is 18.2 Å². The highest BCUT2D eigenvalue weighted by Crippen LogP contribution is 2.22. The predicted octanol–water partition coefficient (Wildman–Crippen LogP) is 2.47. The minimum Gasteiger partial charge on any atom is -0.459 e. The number of para-hydroxylation sites is 1. The molecular formula is C18H17N3O3. The molecule has 1 aliphatic heterocycles. The molecule has 1 atom stereocenters. The van der Waals surface area contributed by atoms with Crippen LogP contribution in [0.15, 0.2) is 58.2 Å². The lowest BCUT2D eigenvalue weighted by molar-refractivity contribution is 0.0645. The highest BCUT2D eigenvalue weighted by molar-refractivity contribution is 5.91. The molecule has 3 aromatic rings. The van der Waals surface area contributed by atoms with Gasteiger partial charge in [-0.1, -0.05) is 12.1 Å². The molecule has 24 heavy (non-hydrogen) atoms. The lowest BCUT2D eigenvalue weighted by Gasteiger charge is -2.33. The van der Waals surface area contributed by atoms with E-state index in [0.29, 0.717) is 29.8 Å². The number of nitrogens with zero attached hydrogens (tertiary/aromatic N) is 3. The van der Waals surface area contributed by atoms with E-state index in [4.69, 9.17) is 4.42 Å². The van der Waals surface area contributed by atoms with Crippen LogP contribution in [-0.2, 0) is 0 Å². The quantitative estimate of drug-likeness (QED) is 0.726. The molecule has 1 aliphatic rings. The number of rotatable bonds is 2. The van der Waals surface area contributed by atoms with Crippen LogP contribution >= 0.6 is 0 Å². The molecule has 0 saturated carbocycles. The Morgan fingerprint density at radius 2 is 2.08 bits per heavy atom. The molecule has 0 aliphatic carbocycles. The Kier molecular flexibility index (Phi) is 3.65. The summed E-state index contributed by atoms with van der Waals surface area (Å²) in [6, 6.07) is 10.6. The van der Waals surface area contributed by atoms with Crippen molar-refractivity contribution in [2.75, 3.05) is 13.1 Å². The Morgan fingerprint density at radius 1 is 1.21 bits per heavy atom. The first kappa shape index (κ1) is 14.7. The van der Waals surface area contributed by atoms with E-state index in [0.717, 1.165) is 12.8 Å². The predicted molar refractivity (Wildman–Crippen MR) is 88.9 cm³/mol. The van der Waals surface area contributed by atoms with E-state index in [1.165, 1.54) is 6.26 Å². The maximum Gasteiger partial charge on any atom is 0.289 e. The molecule has 0 radical (unpaired) electrons. The average molecular weight is 323 g/mol. The van der Waals surface area contributed by atoms with Gasteiger partial charge in [-0.25, -0.2) is 4.98 Å². The van der Waals surface area contributed by atoms with Crippen molar-refractivity contribution in [3.8, 4) is 0 Å². The first-order valence-electron chi connectivity index (χ1n) is 8.03. The third-order valence-corrected chi connectivity index (χ3v) is 4.50. The molecule has 122 valence electrons. The molecule has 6 heteroatoms. The summed E-state index contributed by atoms with van der Waals surface area (Å²) in [5, 5.41) is 0.606. The van der Waals surface area contributed by atoms with Crippen molar-refractivity contribution in [2.24, 2.45) is 0 Å². The first-order chi connectivity index (χ1) is 11.7. The minimum absolute atomic E-state index is 0.0575. The first-order valence-corrected chi connectivity index (χ1v) is 8.03. The number of piperidine rings is 1. The zero-order valence-electron chi connectivity index (χ0n) is 13.1. The second-order valence-corrected chi connectivity index (χ2v) is 6.00. The van der Waals surface area contributed by atoms with Crippen molar-refractivity contribution in [3.05, 3.63) is 65.1 Å². The fourth-order valence-electron chi connectivity index (χ4n) is 3.27. The largest absolute Gasteiger partial charge is 0.459 e. The van der Waals surface area contributed by atoms with Crippen molar-refractivity contribution in [1.82, 2.24) is 14.5 Å². The number of amides is 1. The van der Waals surface area contributed by atoms with Crippen LogP contribution in [0.2, 0.25) is 0 Å². The van der Waals surface area contributed by atoms with Gasteiger partial charge in [-0.05, 0) is 37.1 Å². The maximum atomic E-state index is 12.7. The number of furan rings is 1. The SMILES string of the molecule is O=C(c1ccco1)N1CCCC(n2cnc3ccccc3c2=O)C1. The second kappa shape index (κ2) is 5.96. The van der Waals surface area contributed by atoms with Gasteiger partial charge in [-0.2, -0.15) is 0 Å². The standard InChI is InChI=1S/C18H17N3O3/c22-17-14-6-1-2-7-15(14)19-12-21(17)13-5-3-9-20(11-13)18(23)16-8-4-10-24-16/h1-2,4,6-8,10,12-13H,3,5,9,11H2.